The number of ether oxygens (including phenoxy) is 1. The average Bonchev–Trinajstić information content (AvgIpc) is 2.74. The molecular formula is C27H30O2. The summed E-state index contributed by atoms with van der Waals surface area (Å²) in [6.45, 7) is 6.38. The largest absolute Gasteiger partial charge is 0.459 e. The Balaban J connectivity index is 1.55. The number of carbonyl (C=O) groups is 1. The molecular weight excluding hydrogens is 356 g/mol. The van der Waals surface area contributed by atoms with Gasteiger partial charge in [-0.15, -0.1) is 0 Å². The van der Waals surface area contributed by atoms with Crippen molar-refractivity contribution >= 4 is 27.5 Å². The van der Waals surface area contributed by atoms with Crippen molar-refractivity contribution in [2.24, 2.45) is 0 Å². The van der Waals surface area contributed by atoms with E-state index in [0.717, 1.165) is 37.7 Å². The number of hydrogen-bond acceptors (Lipinski definition) is 2. The molecule has 0 unspecified atom stereocenters. The summed E-state index contributed by atoms with van der Waals surface area (Å²) in [4.78, 5) is 12.7. The van der Waals surface area contributed by atoms with Crippen molar-refractivity contribution in [1.82, 2.24) is 0 Å². The van der Waals surface area contributed by atoms with Gasteiger partial charge >= 0.3 is 5.97 Å². The fourth-order valence-electron chi connectivity index (χ4n) is 4.82. The zero-order chi connectivity index (χ0) is 20.3. The van der Waals surface area contributed by atoms with Crippen molar-refractivity contribution in [2.75, 3.05) is 0 Å². The number of esters is 1. The lowest BCUT2D eigenvalue weighted by atomic mass is 9.82. The van der Waals surface area contributed by atoms with Crippen LogP contribution in [0.5, 0.6) is 0 Å². The quantitative estimate of drug-likeness (QED) is 0.256. The molecule has 150 valence electrons. The number of fused-ring (bicyclic) bond motifs is 2. The molecule has 0 aromatic heterocycles. The first-order chi connectivity index (χ1) is 14.1. The van der Waals surface area contributed by atoms with Crippen LogP contribution in [0, 0.1) is 0 Å². The third-order valence-corrected chi connectivity index (χ3v) is 6.44. The first kappa shape index (κ1) is 19.7. The molecule has 2 heteroatoms. The molecule has 29 heavy (non-hydrogen) atoms. The topological polar surface area (TPSA) is 26.3 Å². The summed E-state index contributed by atoms with van der Waals surface area (Å²) in [6.07, 6.45) is 7.44. The minimum absolute atomic E-state index is 0.122. The lowest BCUT2D eigenvalue weighted by molar-refractivity contribution is -0.163. The Bertz CT molecular complexity index is 987. The predicted molar refractivity (Wildman–Crippen MR) is 121 cm³/mol. The van der Waals surface area contributed by atoms with Crippen molar-refractivity contribution < 1.29 is 9.53 Å². The van der Waals surface area contributed by atoms with E-state index < -0.39 is 0 Å². The molecule has 0 aliphatic heterocycles. The van der Waals surface area contributed by atoms with Gasteiger partial charge in [0.15, 0.2) is 0 Å². The van der Waals surface area contributed by atoms with Crippen LogP contribution >= 0.6 is 0 Å². The Hall–Kier alpha value is -2.61. The van der Waals surface area contributed by atoms with E-state index in [1.807, 2.05) is 0 Å². The van der Waals surface area contributed by atoms with Crippen molar-refractivity contribution in [1.29, 1.82) is 0 Å². The van der Waals surface area contributed by atoms with Crippen molar-refractivity contribution in [3.05, 3.63) is 72.3 Å². The zero-order valence-corrected chi connectivity index (χ0v) is 17.4. The van der Waals surface area contributed by atoms with E-state index in [4.69, 9.17) is 4.74 Å². The average molecular weight is 387 g/mol. The number of benzene rings is 3. The van der Waals surface area contributed by atoms with E-state index in [1.54, 1.807) is 0 Å². The summed E-state index contributed by atoms with van der Waals surface area (Å²) in [7, 11) is 0. The molecule has 0 bridgehead atoms. The summed E-state index contributed by atoms with van der Waals surface area (Å²) in [5.41, 5.74) is 1.92. The zero-order valence-electron chi connectivity index (χ0n) is 17.4. The minimum atomic E-state index is -0.248. The molecule has 1 aliphatic rings. The van der Waals surface area contributed by atoms with Crippen LogP contribution in [0.3, 0.4) is 0 Å². The van der Waals surface area contributed by atoms with Gasteiger partial charge < -0.3 is 4.74 Å². The molecule has 0 radical (unpaired) electrons. The smallest absolute Gasteiger partial charge is 0.310 e. The molecule has 3 aromatic rings. The Labute approximate surface area is 173 Å². The second kappa shape index (κ2) is 8.41. The van der Waals surface area contributed by atoms with Gasteiger partial charge in [-0.05, 0) is 71.7 Å². The summed E-state index contributed by atoms with van der Waals surface area (Å²) >= 11 is 0. The number of carbonyl (C=O) groups excluding carboxylic acids is 1. The standard InChI is InChI=1S/C27H30O2/c1-3-27(15-9-4-10-16-27)29-26(28)18-20(2)17-25-23-13-7-5-11-21(23)19-22-12-6-8-14-24(22)25/h5-8,11-14,19H,2-4,9-10,15-18H2,1H3. The van der Waals surface area contributed by atoms with Crippen molar-refractivity contribution in [3.63, 3.8) is 0 Å². The van der Waals surface area contributed by atoms with E-state index in [0.29, 0.717) is 12.8 Å². The van der Waals surface area contributed by atoms with Gasteiger partial charge in [-0.2, -0.15) is 0 Å². The highest BCUT2D eigenvalue weighted by Crippen LogP contribution is 2.35. The predicted octanol–water partition coefficient (Wildman–Crippen LogP) is 7.14. The number of hydrogen-bond donors (Lipinski definition) is 0. The molecule has 0 saturated heterocycles. The molecule has 1 saturated carbocycles. The van der Waals surface area contributed by atoms with Gasteiger partial charge in [-0.3, -0.25) is 4.79 Å². The van der Waals surface area contributed by atoms with E-state index in [2.05, 4.69) is 68.1 Å². The highest BCUT2D eigenvalue weighted by molar-refractivity contribution is 6.02. The molecule has 1 fully saturated rings. The summed E-state index contributed by atoms with van der Waals surface area (Å²) in [6, 6.07) is 19.2. The van der Waals surface area contributed by atoms with Gasteiger partial charge in [0.05, 0.1) is 6.42 Å². The molecule has 2 nitrogen and oxygen atoms in total. The van der Waals surface area contributed by atoms with Crippen molar-refractivity contribution in [3.8, 4) is 0 Å². The second-order valence-electron chi connectivity index (χ2n) is 8.47. The summed E-state index contributed by atoms with van der Waals surface area (Å²) in [5, 5.41) is 4.92. The lowest BCUT2D eigenvalue weighted by Gasteiger charge is -2.36. The molecule has 3 aromatic carbocycles. The second-order valence-corrected chi connectivity index (χ2v) is 8.47. The Morgan fingerprint density at radius 1 is 0.966 bits per heavy atom. The van der Waals surface area contributed by atoms with E-state index in [9.17, 15) is 4.79 Å². The molecule has 0 N–H and O–H groups in total. The summed E-state index contributed by atoms with van der Waals surface area (Å²) < 4.78 is 6.01. The van der Waals surface area contributed by atoms with Crippen LogP contribution in [-0.2, 0) is 16.0 Å². The fraction of sp³-hybridized carbons (Fsp3) is 0.370. The molecule has 1 aliphatic carbocycles. The monoisotopic (exact) mass is 386 g/mol. The van der Waals surface area contributed by atoms with E-state index >= 15 is 0 Å². The molecule has 0 amide bonds. The Kier molecular flexibility index (Phi) is 5.71. The first-order valence-electron chi connectivity index (χ1n) is 10.9. The van der Waals surface area contributed by atoms with E-state index in [1.165, 1.54) is 33.5 Å². The molecule has 0 atom stereocenters. The third-order valence-electron chi connectivity index (χ3n) is 6.44. The summed E-state index contributed by atoms with van der Waals surface area (Å²) in [5.74, 6) is -0.122. The van der Waals surface area contributed by atoms with Crippen LogP contribution in [0.2, 0.25) is 0 Å². The Morgan fingerprint density at radius 2 is 1.55 bits per heavy atom. The third kappa shape index (κ3) is 4.22. The highest BCUT2D eigenvalue weighted by Gasteiger charge is 2.34. The lowest BCUT2D eigenvalue weighted by Crippen LogP contribution is -2.36. The van der Waals surface area contributed by atoms with Crippen molar-refractivity contribution in [2.45, 2.75) is 63.9 Å². The maximum atomic E-state index is 12.7. The van der Waals surface area contributed by atoms with Gasteiger partial charge in [0.2, 0.25) is 0 Å². The van der Waals surface area contributed by atoms with Crippen LogP contribution in [-0.4, -0.2) is 11.6 Å². The minimum Gasteiger partial charge on any atom is -0.459 e. The number of rotatable bonds is 6. The van der Waals surface area contributed by atoms with Crippen LogP contribution in [0.25, 0.3) is 21.5 Å². The SMILES string of the molecule is C=C(CC(=O)OC1(CC)CCCCC1)Cc1c2ccccc2cc2ccccc12. The normalized spacial score (nSPS) is 16.0. The first-order valence-corrected chi connectivity index (χ1v) is 10.9. The fourth-order valence-corrected chi connectivity index (χ4v) is 4.82. The molecule has 0 heterocycles. The maximum absolute atomic E-state index is 12.7. The van der Waals surface area contributed by atoms with Crippen LogP contribution in [0.1, 0.15) is 57.4 Å². The van der Waals surface area contributed by atoms with Gasteiger partial charge in [0.1, 0.15) is 5.60 Å². The van der Waals surface area contributed by atoms with Crippen LogP contribution in [0.15, 0.2) is 66.7 Å². The van der Waals surface area contributed by atoms with Gasteiger partial charge in [0, 0.05) is 0 Å². The van der Waals surface area contributed by atoms with Crippen LogP contribution < -0.4 is 0 Å². The molecule has 0 spiro atoms. The highest BCUT2D eigenvalue weighted by atomic mass is 16.6. The maximum Gasteiger partial charge on any atom is 0.310 e. The van der Waals surface area contributed by atoms with Gasteiger partial charge in [-0.25, -0.2) is 0 Å². The van der Waals surface area contributed by atoms with Crippen LogP contribution in [0.4, 0.5) is 0 Å². The molecule has 4 rings (SSSR count). The van der Waals surface area contributed by atoms with E-state index in [-0.39, 0.29) is 11.6 Å². The van der Waals surface area contributed by atoms with Gasteiger partial charge in [-0.1, -0.05) is 74.0 Å². The van der Waals surface area contributed by atoms with Gasteiger partial charge in [0.25, 0.3) is 0 Å². The Morgan fingerprint density at radius 3 is 2.14 bits per heavy atom.